The van der Waals surface area contributed by atoms with Gasteiger partial charge in [0.15, 0.2) is 41.0 Å². The molecule has 0 saturated carbocycles. The minimum absolute atomic E-state index is 0. The molecule has 6 rings (SSSR count). The van der Waals surface area contributed by atoms with E-state index in [9.17, 15) is 30.0 Å². The number of anilines is 2. The minimum Gasteiger partial charge on any atom is -0.773 e. The number of halogens is 1. The van der Waals surface area contributed by atoms with E-state index < -0.39 is 46.5 Å². The Morgan fingerprint density at radius 1 is 0.614 bits per heavy atom. The van der Waals surface area contributed by atoms with Crippen molar-refractivity contribution >= 4 is 85.0 Å². The molecule has 1 aromatic heterocycles. The van der Waals surface area contributed by atoms with Crippen molar-refractivity contribution in [3.8, 4) is 12.1 Å². The van der Waals surface area contributed by atoms with E-state index in [0.717, 1.165) is 34.5 Å². The SMILES string of the molecule is C.C.C.C.CS(=O)(=O)Cc1ccccc1C#N.CS(=O)(=O)Cc1ccccc1CNC(=O)c1nc2ccccc2nc1N.CS(=O)(=O)Cc1ccccc1N.CS(=O)[O-].N#Cc1ccccc1CBr.[Na+]. The summed E-state index contributed by atoms with van der Waals surface area (Å²) in [6, 6.07) is 39.5. The number of nitrogens with zero attached hydrogens (tertiary/aromatic N) is 4. The maximum atomic E-state index is 12.5. The van der Waals surface area contributed by atoms with Crippen LogP contribution in [0, 0.1) is 22.7 Å². The number of carbonyl (C=O) groups is 1. The van der Waals surface area contributed by atoms with E-state index in [1.54, 1.807) is 91.0 Å². The van der Waals surface area contributed by atoms with Crippen LogP contribution in [0.1, 0.15) is 79.1 Å². The fourth-order valence-electron chi connectivity index (χ4n) is 5.32. The van der Waals surface area contributed by atoms with Gasteiger partial charge in [0.25, 0.3) is 5.91 Å². The molecule has 1 amide bonds. The third-order valence-corrected chi connectivity index (χ3v) is 11.2. The van der Waals surface area contributed by atoms with E-state index in [4.69, 9.17) is 30.8 Å². The van der Waals surface area contributed by atoms with Crippen LogP contribution in [0.15, 0.2) is 121 Å². The molecule has 5 aromatic carbocycles. The monoisotopic (exact) mass is 1110 g/mol. The topological polar surface area (TPSA) is 297 Å². The first-order valence-corrected chi connectivity index (χ1v) is 27.5. The Kier molecular flexibility index (Phi) is 35.8. The molecular weight excluding hydrogens is 1050 g/mol. The van der Waals surface area contributed by atoms with Crippen LogP contribution in [0.25, 0.3) is 11.0 Å². The van der Waals surface area contributed by atoms with Gasteiger partial charge in [-0.25, -0.2) is 35.2 Å². The summed E-state index contributed by atoms with van der Waals surface area (Å²) in [4.78, 5) is 20.9. The van der Waals surface area contributed by atoms with Gasteiger partial charge in [-0.1, -0.05) is 148 Å². The third-order valence-electron chi connectivity index (χ3n) is 8.10. The first-order chi connectivity index (χ1) is 30.5. The number of rotatable bonds is 10. The van der Waals surface area contributed by atoms with Gasteiger partial charge < -0.3 is 21.3 Å². The maximum absolute atomic E-state index is 12.5. The van der Waals surface area contributed by atoms with Gasteiger partial charge in [0.05, 0.1) is 51.6 Å². The van der Waals surface area contributed by atoms with Crippen molar-refractivity contribution in [3.63, 3.8) is 0 Å². The van der Waals surface area contributed by atoms with Gasteiger partial charge >= 0.3 is 29.6 Å². The van der Waals surface area contributed by atoms with Gasteiger partial charge in [0.2, 0.25) is 0 Å². The quantitative estimate of drug-likeness (QED) is 0.0696. The van der Waals surface area contributed by atoms with E-state index in [0.29, 0.717) is 39.0 Å². The van der Waals surface area contributed by atoms with Gasteiger partial charge in [-0.3, -0.25) is 9.00 Å². The Morgan fingerprint density at radius 2 is 0.957 bits per heavy atom. The molecule has 0 aliphatic heterocycles. The van der Waals surface area contributed by atoms with Crippen LogP contribution in [0.2, 0.25) is 0 Å². The summed E-state index contributed by atoms with van der Waals surface area (Å²) in [7, 11) is -9.22. The molecule has 1 unspecified atom stereocenters. The zero-order valence-electron chi connectivity index (χ0n) is 36.7. The summed E-state index contributed by atoms with van der Waals surface area (Å²) >= 11 is 1.44. The van der Waals surface area contributed by atoms with Gasteiger partial charge in [-0.2, -0.15) is 10.5 Å². The molecule has 0 fully saturated rings. The van der Waals surface area contributed by atoms with Crippen molar-refractivity contribution in [2.24, 2.45) is 0 Å². The van der Waals surface area contributed by atoms with Gasteiger partial charge in [0.1, 0.15) is 0 Å². The summed E-state index contributed by atoms with van der Waals surface area (Å²) < 4.78 is 84.8. The molecule has 70 heavy (non-hydrogen) atoms. The van der Waals surface area contributed by atoms with Crippen molar-refractivity contribution < 1.29 is 68.4 Å². The van der Waals surface area contributed by atoms with Gasteiger partial charge in [0, 0.05) is 36.3 Å². The molecule has 376 valence electrons. The molecule has 0 spiro atoms. The van der Waals surface area contributed by atoms with Crippen LogP contribution in [-0.2, 0) is 69.7 Å². The molecule has 6 aromatic rings. The number of nitrogen functional groups attached to an aromatic ring is 2. The summed E-state index contributed by atoms with van der Waals surface area (Å²) in [5.74, 6) is -0.562. The van der Waals surface area contributed by atoms with E-state index in [1.165, 1.54) is 12.5 Å². The second-order valence-corrected chi connectivity index (χ2v) is 21.7. The number of fused-ring (bicyclic) bond motifs is 1. The molecule has 0 aliphatic carbocycles. The Labute approximate surface area is 448 Å². The smallest absolute Gasteiger partial charge is 0.773 e. The maximum Gasteiger partial charge on any atom is 1.00 e. The van der Waals surface area contributed by atoms with Crippen molar-refractivity contribution in [2.45, 2.75) is 58.8 Å². The fraction of sp³-hybridized carbons (Fsp3) is 0.271. The Bertz CT molecular complexity index is 3020. The van der Waals surface area contributed by atoms with Crippen molar-refractivity contribution in [1.29, 1.82) is 10.5 Å². The molecule has 16 nitrogen and oxygen atoms in total. The van der Waals surface area contributed by atoms with Crippen molar-refractivity contribution in [1.82, 2.24) is 15.3 Å². The first-order valence-electron chi connectivity index (χ1n) is 18.7. The Morgan fingerprint density at radius 3 is 1.39 bits per heavy atom. The number of hydrogen-bond acceptors (Lipinski definition) is 15. The number of alkyl halides is 1. The number of amides is 1. The van der Waals surface area contributed by atoms with Crippen molar-refractivity contribution in [2.75, 3.05) is 36.5 Å². The van der Waals surface area contributed by atoms with Crippen LogP contribution in [0.3, 0.4) is 0 Å². The van der Waals surface area contributed by atoms with Gasteiger partial charge in [-0.05, 0) is 64.4 Å². The molecule has 0 saturated heterocycles. The molecule has 1 atom stereocenters. The largest absolute Gasteiger partial charge is 1.00 e. The zero-order valence-corrected chi connectivity index (χ0v) is 43.6. The summed E-state index contributed by atoms with van der Waals surface area (Å²) in [6.07, 6.45) is 4.61. The van der Waals surface area contributed by atoms with E-state index in [-0.39, 0.29) is 94.6 Å². The molecular formula is C48H63BrN7NaO9S4. The normalized spacial score (nSPS) is 10.3. The molecule has 0 bridgehead atoms. The molecule has 0 radical (unpaired) electrons. The Hall–Kier alpha value is -5.07. The van der Waals surface area contributed by atoms with E-state index >= 15 is 0 Å². The first kappa shape index (κ1) is 71.5. The molecule has 0 aliphatic rings. The number of hydrogen-bond donors (Lipinski definition) is 3. The molecule has 1 heterocycles. The van der Waals surface area contributed by atoms with Crippen LogP contribution < -0.4 is 46.3 Å². The number of benzene rings is 5. The number of sulfone groups is 3. The second kappa shape index (κ2) is 35.1. The second-order valence-electron chi connectivity index (χ2n) is 13.9. The van der Waals surface area contributed by atoms with Gasteiger partial charge in [-0.15, -0.1) is 0 Å². The number of nitrogens with one attached hydrogen (secondary N) is 1. The number of para-hydroxylation sites is 3. The summed E-state index contributed by atoms with van der Waals surface area (Å²) in [6.45, 7) is 0.165. The predicted octanol–water partition coefficient (Wildman–Crippen LogP) is 5.10. The van der Waals surface area contributed by atoms with Crippen molar-refractivity contribution in [3.05, 3.63) is 166 Å². The Balaban J connectivity index is -0.000000424. The average Bonchev–Trinajstić information content (AvgIpc) is 3.23. The third kappa shape index (κ3) is 28.6. The number of nitrogens with two attached hydrogens (primary N) is 2. The average molecular weight is 1110 g/mol. The molecule has 22 heteroatoms. The van der Waals surface area contributed by atoms with E-state index in [1.807, 2.05) is 36.4 Å². The number of nitriles is 2. The van der Waals surface area contributed by atoms with Crippen LogP contribution in [-0.4, -0.2) is 74.9 Å². The van der Waals surface area contributed by atoms with Crippen LogP contribution >= 0.6 is 15.9 Å². The van der Waals surface area contributed by atoms with Crippen LogP contribution in [0.4, 0.5) is 11.5 Å². The van der Waals surface area contributed by atoms with Crippen LogP contribution in [0.5, 0.6) is 0 Å². The molecule has 5 N–H and O–H groups in total. The number of carbonyl (C=O) groups excluding carboxylic acids is 1. The summed E-state index contributed by atoms with van der Waals surface area (Å²) in [5, 5.41) is 20.7. The fourth-order valence-corrected chi connectivity index (χ4v) is 8.30. The predicted molar refractivity (Wildman–Crippen MR) is 285 cm³/mol. The standard InChI is InChI=1S/C18H18N4O3S.C9H9NO2S.C8H6BrN.C8H11NO2S.CH4O2S.4CH4.Na/c1-26(24,25)11-13-7-3-2-6-12(13)10-20-18(23)16-17(19)22-15-9-5-4-8-14(15)21-16;1-13(11,12)7-9-5-3-2-4-8(9)6-10;9-5-7-3-1-2-4-8(7)6-10;1-12(10,11)6-7-4-2-3-5-8(7)9;1-4(2)3;;;;;/h2-9H,10-11H2,1H3,(H2,19,22)(H,20,23);2-5H,7H2,1H3;1-4H,5H2;2-5H,6,9H2,1H3;1H3,(H,2,3);4*1H4;/q;;;;;;;;;+1/p-1. The zero-order chi connectivity index (χ0) is 48.8. The van der Waals surface area contributed by atoms with E-state index in [2.05, 4.69) is 37.3 Å². The minimum atomic E-state index is -3.18. The number of aromatic nitrogens is 2. The summed E-state index contributed by atoms with van der Waals surface area (Å²) in [5.41, 5.74) is 18.0.